The number of methoxy groups -OCH3 is 2. The van der Waals surface area contributed by atoms with Crippen molar-refractivity contribution in [3.63, 3.8) is 0 Å². The fraction of sp³-hybridized carbons (Fsp3) is 0.304. The van der Waals surface area contributed by atoms with Gasteiger partial charge in [-0.25, -0.2) is 4.79 Å². The first kappa shape index (κ1) is 21.2. The molecule has 0 fully saturated rings. The Morgan fingerprint density at radius 3 is 2.23 bits per heavy atom. The Balaban J connectivity index is 1.60. The Hall–Kier alpha value is -3.48. The monoisotopic (exact) mass is 411 g/mol. The van der Waals surface area contributed by atoms with Crippen LogP contribution in [0.15, 0.2) is 40.9 Å². The lowest BCUT2D eigenvalue weighted by atomic mass is 10.1. The normalized spacial score (nSPS) is 10.6. The fourth-order valence-electron chi connectivity index (χ4n) is 2.96. The van der Waals surface area contributed by atoms with E-state index in [0.29, 0.717) is 29.4 Å². The summed E-state index contributed by atoms with van der Waals surface area (Å²) < 4.78 is 26.9. The van der Waals surface area contributed by atoms with Crippen LogP contribution in [0.25, 0.3) is 0 Å². The van der Waals surface area contributed by atoms with Gasteiger partial charge in [0.15, 0.2) is 11.5 Å². The second kappa shape index (κ2) is 9.35. The zero-order valence-electron chi connectivity index (χ0n) is 17.8. The first-order valence-electron chi connectivity index (χ1n) is 9.46. The van der Waals surface area contributed by atoms with Crippen LogP contribution in [-0.4, -0.2) is 25.3 Å². The predicted octanol–water partition coefficient (Wildman–Crippen LogP) is 4.55. The Bertz CT molecular complexity index is 1000. The lowest BCUT2D eigenvalue weighted by Crippen LogP contribution is -2.06. The lowest BCUT2D eigenvalue weighted by Gasteiger charge is -2.13. The molecule has 1 heterocycles. The number of rotatable bonds is 8. The number of aryl methyl sites for hydroxylation is 3. The van der Waals surface area contributed by atoms with Crippen molar-refractivity contribution in [2.75, 3.05) is 14.2 Å². The number of aromatic nitrogens is 1. The highest BCUT2D eigenvalue weighted by molar-refractivity contribution is 5.89. The minimum atomic E-state index is -0.415. The number of carbonyl (C=O) groups excluding carboxylic acids is 1. The molecule has 0 aliphatic carbocycles. The van der Waals surface area contributed by atoms with E-state index in [2.05, 4.69) is 5.16 Å². The van der Waals surface area contributed by atoms with Gasteiger partial charge in [0.05, 0.1) is 31.0 Å². The molecule has 0 amide bonds. The van der Waals surface area contributed by atoms with Crippen molar-refractivity contribution in [3.8, 4) is 17.2 Å². The second-order valence-electron chi connectivity index (χ2n) is 6.83. The van der Waals surface area contributed by atoms with E-state index in [4.69, 9.17) is 23.5 Å². The van der Waals surface area contributed by atoms with Gasteiger partial charge in [0.2, 0.25) is 0 Å². The van der Waals surface area contributed by atoms with Gasteiger partial charge in [-0.1, -0.05) is 5.16 Å². The summed E-state index contributed by atoms with van der Waals surface area (Å²) in [5.74, 6) is 2.19. The quantitative estimate of drug-likeness (QED) is 0.503. The van der Waals surface area contributed by atoms with E-state index in [1.165, 1.54) is 0 Å². The van der Waals surface area contributed by atoms with E-state index in [1.807, 2.05) is 32.9 Å². The van der Waals surface area contributed by atoms with Crippen molar-refractivity contribution in [2.24, 2.45) is 0 Å². The summed E-state index contributed by atoms with van der Waals surface area (Å²) in [5, 5.41) is 3.91. The third-order valence-electron chi connectivity index (χ3n) is 4.86. The van der Waals surface area contributed by atoms with Gasteiger partial charge in [0, 0.05) is 0 Å². The Labute approximate surface area is 175 Å². The van der Waals surface area contributed by atoms with Gasteiger partial charge in [0.1, 0.15) is 24.7 Å². The third-order valence-corrected chi connectivity index (χ3v) is 4.86. The molecule has 158 valence electrons. The summed E-state index contributed by atoms with van der Waals surface area (Å²) in [7, 11) is 3.15. The molecule has 0 N–H and O–H groups in total. The number of hydrogen-bond acceptors (Lipinski definition) is 7. The highest BCUT2D eigenvalue weighted by Crippen LogP contribution is 2.30. The molecule has 0 atom stereocenters. The van der Waals surface area contributed by atoms with Crippen LogP contribution in [0.2, 0.25) is 0 Å². The molecular weight excluding hydrogens is 386 g/mol. The zero-order valence-corrected chi connectivity index (χ0v) is 17.8. The number of carbonyl (C=O) groups is 1. The van der Waals surface area contributed by atoms with Gasteiger partial charge in [-0.05, 0) is 68.3 Å². The van der Waals surface area contributed by atoms with E-state index in [9.17, 15) is 4.79 Å². The average Bonchev–Trinajstić information content (AvgIpc) is 3.08. The number of ether oxygens (including phenoxy) is 4. The molecule has 3 rings (SSSR count). The van der Waals surface area contributed by atoms with Crippen LogP contribution < -0.4 is 14.2 Å². The largest absolute Gasteiger partial charge is 0.493 e. The van der Waals surface area contributed by atoms with Crippen molar-refractivity contribution in [2.45, 2.75) is 34.0 Å². The van der Waals surface area contributed by atoms with Gasteiger partial charge >= 0.3 is 5.97 Å². The molecule has 0 radical (unpaired) electrons. The van der Waals surface area contributed by atoms with Crippen LogP contribution in [0.4, 0.5) is 0 Å². The van der Waals surface area contributed by atoms with Crippen LogP contribution in [0, 0.1) is 20.8 Å². The van der Waals surface area contributed by atoms with Crippen LogP contribution >= 0.6 is 0 Å². The topological polar surface area (TPSA) is 80.0 Å². The summed E-state index contributed by atoms with van der Waals surface area (Å²) in [6.45, 7) is 6.13. The van der Waals surface area contributed by atoms with E-state index >= 15 is 0 Å². The number of hydrogen-bond donors (Lipinski definition) is 0. The molecule has 7 heteroatoms. The summed E-state index contributed by atoms with van der Waals surface area (Å²) in [5.41, 5.74) is 3.96. The molecule has 0 aliphatic heterocycles. The van der Waals surface area contributed by atoms with Crippen LogP contribution in [0.5, 0.6) is 17.2 Å². The molecule has 0 unspecified atom stereocenters. The zero-order chi connectivity index (χ0) is 21.7. The molecule has 3 aromatic rings. The molecule has 0 bridgehead atoms. The van der Waals surface area contributed by atoms with Gasteiger partial charge in [-0.3, -0.25) is 0 Å². The maximum Gasteiger partial charge on any atom is 0.338 e. The van der Waals surface area contributed by atoms with E-state index < -0.39 is 5.97 Å². The summed E-state index contributed by atoms with van der Waals surface area (Å²) in [6.07, 6.45) is 0. The molecule has 2 aromatic carbocycles. The molecule has 0 aliphatic rings. The molecule has 0 spiro atoms. The second-order valence-corrected chi connectivity index (χ2v) is 6.83. The van der Waals surface area contributed by atoms with Crippen molar-refractivity contribution >= 4 is 5.97 Å². The molecule has 0 saturated carbocycles. The Kier molecular flexibility index (Phi) is 6.61. The van der Waals surface area contributed by atoms with E-state index in [1.54, 1.807) is 38.5 Å². The molecule has 7 nitrogen and oxygen atoms in total. The van der Waals surface area contributed by atoms with Crippen LogP contribution in [0.3, 0.4) is 0 Å². The van der Waals surface area contributed by atoms with Gasteiger partial charge in [0.25, 0.3) is 0 Å². The van der Waals surface area contributed by atoms with Crippen LogP contribution in [0.1, 0.15) is 38.5 Å². The minimum Gasteiger partial charge on any atom is -0.493 e. The van der Waals surface area contributed by atoms with Gasteiger partial charge in [-0.15, -0.1) is 0 Å². The molecule has 1 aromatic heterocycles. The molecular formula is C23H25NO6. The SMILES string of the molecule is COc1cc(C)c(COC(=O)c2ccc(OCc3c(C)noc3C)cc2)cc1OC. The number of nitrogens with zero attached hydrogens (tertiary/aromatic N) is 1. The van der Waals surface area contributed by atoms with Crippen molar-refractivity contribution in [3.05, 3.63) is 70.1 Å². The van der Waals surface area contributed by atoms with Gasteiger partial charge < -0.3 is 23.5 Å². The lowest BCUT2D eigenvalue weighted by molar-refractivity contribution is 0.0471. The maximum absolute atomic E-state index is 12.4. The summed E-state index contributed by atoms with van der Waals surface area (Å²) in [4.78, 5) is 12.4. The number of benzene rings is 2. The van der Waals surface area contributed by atoms with Crippen molar-refractivity contribution < 1.29 is 28.3 Å². The minimum absolute atomic E-state index is 0.134. The van der Waals surface area contributed by atoms with Gasteiger partial charge in [-0.2, -0.15) is 0 Å². The third kappa shape index (κ3) is 4.74. The summed E-state index contributed by atoms with van der Waals surface area (Å²) in [6, 6.07) is 10.5. The Morgan fingerprint density at radius 2 is 1.63 bits per heavy atom. The van der Waals surface area contributed by atoms with Crippen LogP contribution in [-0.2, 0) is 18.0 Å². The number of esters is 1. The highest BCUT2D eigenvalue weighted by atomic mass is 16.5. The smallest absolute Gasteiger partial charge is 0.338 e. The molecule has 30 heavy (non-hydrogen) atoms. The maximum atomic E-state index is 12.4. The first-order valence-corrected chi connectivity index (χ1v) is 9.46. The highest BCUT2D eigenvalue weighted by Gasteiger charge is 2.13. The standard InChI is InChI=1S/C23H25NO6/c1-14-10-21(26-4)22(27-5)11-18(14)12-29-23(25)17-6-8-19(9-7-17)28-13-20-15(2)24-30-16(20)3/h6-11H,12-13H2,1-5H3. The van der Waals surface area contributed by atoms with Crippen molar-refractivity contribution in [1.29, 1.82) is 0 Å². The first-order chi connectivity index (χ1) is 14.4. The predicted molar refractivity (Wildman–Crippen MR) is 110 cm³/mol. The Morgan fingerprint density at radius 1 is 0.967 bits per heavy atom. The van der Waals surface area contributed by atoms with E-state index in [-0.39, 0.29) is 6.61 Å². The summed E-state index contributed by atoms with van der Waals surface area (Å²) >= 11 is 0. The fourth-order valence-corrected chi connectivity index (χ4v) is 2.96. The van der Waals surface area contributed by atoms with Crippen molar-refractivity contribution in [1.82, 2.24) is 5.16 Å². The molecule has 0 saturated heterocycles. The average molecular weight is 411 g/mol. The van der Waals surface area contributed by atoms with E-state index in [0.717, 1.165) is 28.1 Å².